The smallest absolute Gasteiger partial charge is 0.120 e. The van der Waals surface area contributed by atoms with Gasteiger partial charge in [0.1, 0.15) is 12.4 Å². The maximum absolute atomic E-state index is 11.2. The fourth-order valence-corrected chi connectivity index (χ4v) is 3.98. The standard InChI is InChI=1S/C27H30N2O2.ClH/c1-3-28(2)19-26(30)27(22-12-8-5-9-13-22)29-17-16-23-18-24(14-15-25(23)29)31-20-21-10-6-4-7-11-21;/h4-18,26-27,30H,3,19-20H2,1-2H3;1H/t26-,27+;/m1./s1. The van der Waals surface area contributed by atoms with Crippen molar-refractivity contribution in [1.29, 1.82) is 0 Å². The summed E-state index contributed by atoms with van der Waals surface area (Å²) in [5, 5.41) is 12.3. The Hall–Kier alpha value is -2.79. The van der Waals surface area contributed by atoms with E-state index in [0.717, 1.165) is 34.3 Å². The highest BCUT2D eigenvalue weighted by molar-refractivity contribution is 5.85. The third kappa shape index (κ3) is 5.52. The minimum Gasteiger partial charge on any atom is -0.489 e. The molecule has 0 spiro atoms. The van der Waals surface area contributed by atoms with Crippen LogP contribution in [0, 0.1) is 0 Å². The number of nitrogens with zero attached hydrogens (tertiary/aromatic N) is 2. The van der Waals surface area contributed by atoms with E-state index in [-0.39, 0.29) is 18.4 Å². The van der Waals surface area contributed by atoms with Crippen molar-refractivity contribution in [3.8, 4) is 5.75 Å². The van der Waals surface area contributed by atoms with Crippen LogP contribution in [0.4, 0.5) is 0 Å². The van der Waals surface area contributed by atoms with Gasteiger partial charge in [0.15, 0.2) is 0 Å². The first-order chi connectivity index (χ1) is 15.2. The number of fused-ring (bicyclic) bond motifs is 1. The highest BCUT2D eigenvalue weighted by atomic mass is 35.5. The molecule has 0 radical (unpaired) electrons. The molecular weight excluding hydrogens is 420 g/mol. The van der Waals surface area contributed by atoms with Crippen LogP contribution in [0.15, 0.2) is 91.1 Å². The maximum Gasteiger partial charge on any atom is 0.120 e. The van der Waals surface area contributed by atoms with Gasteiger partial charge >= 0.3 is 0 Å². The van der Waals surface area contributed by atoms with Gasteiger partial charge < -0.3 is 19.3 Å². The lowest BCUT2D eigenvalue weighted by atomic mass is 10.0. The van der Waals surface area contributed by atoms with Crippen LogP contribution in [0.5, 0.6) is 5.75 Å². The Bertz CT molecular complexity index is 1100. The predicted octanol–water partition coefficient (Wildman–Crippen LogP) is 5.54. The molecule has 0 unspecified atom stereocenters. The second-order valence-electron chi connectivity index (χ2n) is 8.00. The van der Waals surface area contributed by atoms with Crippen LogP contribution in [0.2, 0.25) is 0 Å². The van der Waals surface area contributed by atoms with Gasteiger partial charge in [0.25, 0.3) is 0 Å². The average Bonchev–Trinajstić information content (AvgIpc) is 3.22. The second kappa shape index (κ2) is 11.2. The van der Waals surface area contributed by atoms with Gasteiger partial charge in [0.05, 0.1) is 12.1 Å². The van der Waals surface area contributed by atoms with E-state index in [1.807, 2.05) is 49.5 Å². The largest absolute Gasteiger partial charge is 0.489 e. The van der Waals surface area contributed by atoms with E-state index in [2.05, 4.69) is 65.1 Å². The van der Waals surface area contributed by atoms with Crippen molar-refractivity contribution < 1.29 is 9.84 Å². The molecule has 0 saturated heterocycles. The Balaban J connectivity index is 0.00000289. The molecule has 1 N–H and O–H groups in total. The maximum atomic E-state index is 11.2. The summed E-state index contributed by atoms with van der Waals surface area (Å²) in [6.45, 7) is 4.15. The fourth-order valence-electron chi connectivity index (χ4n) is 3.98. The van der Waals surface area contributed by atoms with Gasteiger partial charge in [-0.15, -0.1) is 12.4 Å². The SMILES string of the molecule is CCN(C)C[C@@H](O)[C@H](c1ccccc1)n1ccc2cc(OCc3ccccc3)ccc21.Cl. The molecule has 1 aromatic heterocycles. The lowest BCUT2D eigenvalue weighted by molar-refractivity contribution is 0.0940. The zero-order valence-electron chi connectivity index (χ0n) is 18.6. The van der Waals surface area contributed by atoms with Gasteiger partial charge in [-0.2, -0.15) is 0 Å². The van der Waals surface area contributed by atoms with E-state index in [4.69, 9.17) is 4.74 Å². The molecule has 0 amide bonds. The van der Waals surface area contributed by atoms with Gasteiger partial charge in [-0.3, -0.25) is 0 Å². The van der Waals surface area contributed by atoms with Crippen molar-refractivity contribution in [2.24, 2.45) is 0 Å². The number of aromatic nitrogens is 1. The Kier molecular flexibility index (Phi) is 8.34. The Labute approximate surface area is 196 Å². The van der Waals surface area contributed by atoms with Crippen molar-refractivity contribution in [2.45, 2.75) is 25.7 Å². The molecule has 3 aromatic carbocycles. The van der Waals surface area contributed by atoms with E-state index >= 15 is 0 Å². The molecule has 0 bridgehead atoms. The first kappa shape index (κ1) is 23.9. The lowest BCUT2D eigenvalue weighted by Crippen LogP contribution is -2.36. The van der Waals surface area contributed by atoms with E-state index in [1.165, 1.54) is 0 Å². The molecule has 0 aliphatic carbocycles. The number of halogens is 1. The van der Waals surface area contributed by atoms with Crippen molar-refractivity contribution >= 4 is 23.3 Å². The summed E-state index contributed by atoms with van der Waals surface area (Å²) in [4.78, 5) is 2.14. The van der Waals surface area contributed by atoms with Gasteiger partial charge in [0.2, 0.25) is 0 Å². The molecule has 4 aromatic rings. The van der Waals surface area contributed by atoms with E-state index < -0.39 is 6.10 Å². The van der Waals surface area contributed by atoms with Crippen LogP contribution in [0.3, 0.4) is 0 Å². The summed E-state index contributed by atoms with van der Waals surface area (Å²) in [7, 11) is 2.04. The van der Waals surface area contributed by atoms with Gasteiger partial charge in [-0.25, -0.2) is 0 Å². The predicted molar refractivity (Wildman–Crippen MR) is 134 cm³/mol. The molecule has 0 aliphatic rings. The van der Waals surface area contributed by atoms with Crippen LogP contribution in [0.25, 0.3) is 10.9 Å². The topological polar surface area (TPSA) is 37.6 Å². The number of benzene rings is 3. The minimum absolute atomic E-state index is 0. The van der Waals surface area contributed by atoms with E-state index in [9.17, 15) is 5.11 Å². The van der Waals surface area contributed by atoms with Crippen molar-refractivity contribution in [3.63, 3.8) is 0 Å². The number of aliphatic hydroxyl groups is 1. The number of likely N-dealkylation sites (N-methyl/N-ethyl adjacent to an activating group) is 1. The number of ether oxygens (including phenoxy) is 1. The third-order valence-electron chi connectivity index (χ3n) is 5.78. The summed E-state index contributed by atoms with van der Waals surface area (Å²) >= 11 is 0. The summed E-state index contributed by atoms with van der Waals surface area (Å²) in [6, 6.07) is 28.5. The monoisotopic (exact) mass is 450 g/mol. The number of rotatable bonds is 9. The molecule has 0 fully saturated rings. The summed E-state index contributed by atoms with van der Waals surface area (Å²) < 4.78 is 8.18. The van der Waals surface area contributed by atoms with Gasteiger partial charge in [0, 0.05) is 23.6 Å². The highest BCUT2D eigenvalue weighted by Gasteiger charge is 2.25. The molecule has 0 aliphatic heterocycles. The van der Waals surface area contributed by atoms with Gasteiger partial charge in [-0.05, 0) is 49.0 Å². The molecule has 1 heterocycles. The Morgan fingerprint density at radius 2 is 1.62 bits per heavy atom. The van der Waals surface area contributed by atoms with Crippen LogP contribution >= 0.6 is 12.4 Å². The lowest BCUT2D eigenvalue weighted by Gasteiger charge is -2.29. The number of hydrogen-bond acceptors (Lipinski definition) is 3. The normalized spacial score (nSPS) is 13.0. The molecular formula is C27H31ClN2O2. The van der Waals surface area contributed by atoms with Gasteiger partial charge in [-0.1, -0.05) is 67.6 Å². The summed E-state index contributed by atoms with van der Waals surface area (Å²) in [6.07, 6.45) is 1.54. The molecule has 4 nitrogen and oxygen atoms in total. The molecule has 2 atom stereocenters. The van der Waals surface area contributed by atoms with Crippen LogP contribution in [-0.4, -0.2) is 40.8 Å². The fraction of sp³-hybridized carbons (Fsp3) is 0.259. The first-order valence-corrected chi connectivity index (χ1v) is 10.8. The zero-order valence-corrected chi connectivity index (χ0v) is 19.4. The molecule has 168 valence electrons. The molecule has 5 heteroatoms. The van der Waals surface area contributed by atoms with E-state index in [1.54, 1.807) is 0 Å². The Morgan fingerprint density at radius 3 is 2.31 bits per heavy atom. The number of hydrogen-bond donors (Lipinski definition) is 1. The van der Waals surface area contributed by atoms with Crippen molar-refractivity contribution in [3.05, 3.63) is 102 Å². The second-order valence-corrected chi connectivity index (χ2v) is 8.00. The van der Waals surface area contributed by atoms with Crippen LogP contribution in [0.1, 0.15) is 24.1 Å². The van der Waals surface area contributed by atoms with E-state index in [0.29, 0.717) is 13.2 Å². The van der Waals surface area contributed by atoms with Crippen molar-refractivity contribution in [2.75, 3.05) is 20.1 Å². The summed E-state index contributed by atoms with van der Waals surface area (Å²) in [5.41, 5.74) is 3.33. The third-order valence-corrected chi connectivity index (χ3v) is 5.78. The first-order valence-electron chi connectivity index (χ1n) is 10.8. The van der Waals surface area contributed by atoms with Crippen LogP contribution in [-0.2, 0) is 6.61 Å². The molecule has 0 saturated carbocycles. The number of aliphatic hydroxyl groups excluding tert-OH is 1. The van der Waals surface area contributed by atoms with Crippen LogP contribution < -0.4 is 4.74 Å². The highest BCUT2D eigenvalue weighted by Crippen LogP contribution is 2.30. The quantitative estimate of drug-likeness (QED) is 0.363. The average molecular weight is 451 g/mol. The zero-order chi connectivity index (χ0) is 21.6. The minimum atomic E-state index is -0.531. The summed E-state index contributed by atoms with van der Waals surface area (Å²) in [5.74, 6) is 0.844. The molecule has 32 heavy (non-hydrogen) atoms. The Morgan fingerprint density at radius 1 is 0.938 bits per heavy atom. The molecule has 4 rings (SSSR count). The van der Waals surface area contributed by atoms with Crippen molar-refractivity contribution in [1.82, 2.24) is 9.47 Å².